The van der Waals surface area contributed by atoms with Crippen LogP contribution in [0.2, 0.25) is 0 Å². The van der Waals surface area contributed by atoms with Crippen LogP contribution in [0.1, 0.15) is 17.7 Å². The summed E-state index contributed by atoms with van der Waals surface area (Å²) in [6.07, 6.45) is -2.42. The molecule has 0 radical (unpaired) electrons. The van der Waals surface area contributed by atoms with Crippen molar-refractivity contribution in [3.8, 4) is 10.6 Å². The number of thiazole rings is 1. The number of halogens is 2. The Morgan fingerprint density at radius 2 is 2.26 bits per heavy atom. The molecule has 3 nitrogen and oxygen atoms in total. The number of benzene rings is 1. The molecule has 2 aromatic rings. The maximum absolute atomic E-state index is 12.6. The number of hydrogen-bond donors (Lipinski definition) is 0. The predicted octanol–water partition coefficient (Wildman–Crippen LogP) is 3.46. The third-order valence-corrected chi connectivity index (χ3v) is 3.43. The molecule has 0 aliphatic carbocycles. The molecule has 0 saturated heterocycles. The highest BCUT2D eigenvalue weighted by Crippen LogP contribution is 2.28. The van der Waals surface area contributed by atoms with Crippen LogP contribution in [0.4, 0.5) is 8.78 Å². The standard InChI is InChI=1S/C13H11F2NO2S/c1-18-11(17)6-10-7-19-13(16-10)9-4-2-3-8(5-9)12(14)15/h2-5,7,12H,6H2,1H3. The van der Waals surface area contributed by atoms with E-state index in [1.807, 2.05) is 0 Å². The number of hydrogen-bond acceptors (Lipinski definition) is 4. The molecule has 0 bridgehead atoms. The summed E-state index contributed by atoms with van der Waals surface area (Å²) in [4.78, 5) is 15.4. The van der Waals surface area contributed by atoms with Gasteiger partial charge in [0.25, 0.3) is 6.43 Å². The summed E-state index contributed by atoms with van der Waals surface area (Å²) in [5.41, 5.74) is 1.16. The Hall–Kier alpha value is -1.82. The van der Waals surface area contributed by atoms with E-state index in [2.05, 4.69) is 9.72 Å². The van der Waals surface area contributed by atoms with Gasteiger partial charge < -0.3 is 4.74 Å². The monoisotopic (exact) mass is 283 g/mol. The van der Waals surface area contributed by atoms with Gasteiger partial charge in [-0.15, -0.1) is 11.3 Å². The zero-order chi connectivity index (χ0) is 13.8. The van der Waals surface area contributed by atoms with Crippen molar-refractivity contribution in [2.24, 2.45) is 0 Å². The highest BCUT2D eigenvalue weighted by molar-refractivity contribution is 7.13. The maximum Gasteiger partial charge on any atom is 0.311 e. The molecule has 19 heavy (non-hydrogen) atoms. The quantitative estimate of drug-likeness (QED) is 0.807. The van der Waals surface area contributed by atoms with Crippen LogP contribution in [0, 0.1) is 0 Å². The van der Waals surface area contributed by atoms with E-state index in [1.165, 1.54) is 30.6 Å². The van der Waals surface area contributed by atoms with Gasteiger partial charge >= 0.3 is 5.97 Å². The van der Waals surface area contributed by atoms with Gasteiger partial charge in [0.2, 0.25) is 0 Å². The molecule has 0 saturated carbocycles. The Labute approximate surface area is 112 Å². The molecule has 0 spiro atoms. The Morgan fingerprint density at radius 3 is 2.95 bits per heavy atom. The van der Waals surface area contributed by atoms with E-state index >= 15 is 0 Å². The molecule has 100 valence electrons. The third kappa shape index (κ3) is 3.35. The minimum atomic E-state index is -2.51. The fourth-order valence-corrected chi connectivity index (χ4v) is 2.36. The molecule has 0 aliphatic rings. The number of alkyl halides is 2. The van der Waals surface area contributed by atoms with Crippen molar-refractivity contribution in [3.05, 3.63) is 40.9 Å². The first-order valence-corrected chi connectivity index (χ1v) is 6.38. The molecule has 1 aromatic heterocycles. The lowest BCUT2D eigenvalue weighted by Crippen LogP contribution is -2.04. The van der Waals surface area contributed by atoms with Crippen LogP contribution in [-0.4, -0.2) is 18.1 Å². The van der Waals surface area contributed by atoms with Crippen LogP contribution in [0.5, 0.6) is 0 Å². The summed E-state index contributed by atoms with van der Waals surface area (Å²) >= 11 is 1.31. The first kappa shape index (κ1) is 13.6. The number of aromatic nitrogens is 1. The zero-order valence-corrected chi connectivity index (χ0v) is 10.9. The van der Waals surface area contributed by atoms with Crippen LogP contribution in [0.25, 0.3) is 10.6 Å². The topological polar surface area (TPSA) is 39.2 Å². The second-order valence-electron chi connectivity index (χ2n) is 3.82. The number of nitrogens with zero attached hydrogens (tertiary/aromatic N) is 1. The van der Waals surface area contributed by atoms with Crippen LogP contribution < -0.4 is 0 Å². The molecule has 2 rings (SSSR count). The average molecular weight is 283 g/mol. The lowest BCUT2D eigenvalue weighted by atomic mass is 10.1. The predicted molar refractivity (Wildman–Crippen MR) is 68.2 cm³/mol. The zero-order valence-electron chi connectivity index (χ0n) is 10.1. The van der Waals surface area contributed by atoms with Crippen molar-refractivity contribution in [3.63, 3.8) is 0 Å². The van der Waals surface area contributed by atoms with Crippen molar-refractivity contribution < 1.29 is 18.3 Å². The van der Waals surface area contributed by atoms with Crippen molar-refractivity contribution in [2.45, 2.75) is 12.8 Å². The molecule has 0 amide bonds. The van der Waals surface area contributed by atoms with E-state index in [-0.39, 0.29) is 18.0 Å². The largest absolute Gasteiger partial charge is 0.469 e. The van der Waals surface area contributed by atoms with Crippen molar-refractivity contribution >= 4 is 17.3 Å². The average Bonchev–Trinajstić information content (AvgIpc) is 2.87. The van der Waals surface area contributed by atoms with Gasteiger partial charge in [-0.2, -0.15) is 0 Å². The van der Waals surface area contributed by atoms with Gasteiger partial charge in [-0.25, -0.2) is 13.8 Å². The van der Waals surface area contributed by atoms with E-state index in [0.29, 0.717) is 16.3 Å². The summed E-state index contributed by atoms with van der Waals surface area (Å²) in [7, 11) is 1.31. The van der Waals surface area contributed by atoms with Crippen molar-refractivity contribution in [1.29, 1.82) is 0 Å². The molecule has 0 fully saturated rings. The number of carbonyl (C=O) groups excluding carboxylic acids is 1. The third-order valence-electron chi connectivity index (χ3n) is 2.49. The molecule has 0 aliphatic heterocycles. The van der Waals surface area contributed by atoms with Gasteiger partial charge in [0, 0.05) is 16.5 Å². The van der Waals surface area contributed by atoms with Crippen molar-refractivity contribution in [2.75, 3.05) is 7.11 Å². The van der Waals surface area contributed by atoms with Crippen LogP contribution in [-0.2, 0) is 16.0 Å². The number of methoxy groups -OCH3 is 1. The SMILES string of the molecule is COC(=O)Cc1csc(-c2cccc(C(F)F)c2)n1. The number of ether oxygens (including phenoxy) is 1. The molecule has 0 atom stereocenters. The summed E-state index contributed by atoms with van der Waals surface area (Å²) in [6, 6.07) is 6.06. The van der Waals surface area contributed by atoms with Crippen LogP contribution in [0.3, 0.4) is 0 Å². The first-order valence-electron chi connectivity index (χ1n) is 5.50. The van der Waals surface area contributed by atoms with Gasteiger partial charge in [0.1, 0.15) is 5.01 Å². The van der Waals surface area contributed by atoms with E-state index in [1.54, 1.807) is 17.5 Å². The van der Waals surface area contributed by atoms with E-state index in [4.69, 9.17) is 0 Å². The highest BCUT2D eigenvalue weighted by atomic mass is 32.1. The van der Waals surface area contributed by atoms with Gasteiger partial charge in [0.15, 0.2) is 0 Å². The summed E-state index contributed by atoms with van der Waals surface area (Å²) in [5.74, 6) is -0.377. The maximum atomic E-state index is 12.6. The second-order valence-corrected chi connectivity index (χ2v) is 4.68. The molecule has 1 heterocycles. The number of rotatable bonds is 4. The van der Waals surface area contributed by atoms with Crippen LogP contribution >= 0.6 is 11.3 Å². The Kier molecular flexibility index (Phi) is 4.21. The summed E-state index contributed by atoms with van der Waals surface area (Å²) in [6.45, 7) is 0. The van der Waals surface area contributed by atoms with Gasteiger partial charge in [-0.1, -0.05) is 18.2 Å². The normalized spacial score (nSPS) is 10.7. The molecule has 0 N–H and O–H groups in total. The molecular formula is C13H11F2NO2S. The minimum Gasteiger partial charge on any atom is -0.469 e. The number of esters is 1. The fraction of sp³-hybridized carbons (Fsp3) is 0.231. The molecule has 6 heteroatoms. The first-order chi connectivity index (χ1) is 9.10. The summed E-state index contributed by atoms with van der Waals surface area (Å²) < 4.78 is 29.8. The fourth-order valence-electron chi connectivity index (χ4n) is 1.55. The van der Waals surface area contributed by atoms with Gasteiger partial charge in [0.05, 0.1) is 19.2 Å². The second kappa shape index (κ2) is 5.88. The summed E-state index contributed by atoms with van der Waals surface area (Å²) in [5, 5.41) is 2.34. The van der Waals surface area contributed by atoms with Crippen LogP contribution in [0.15, 0.2) is 29.6 Å². The van der Waals surface area contributed by atoms with E-state index in [0.717, 1.165) is 0 Å². The minimum absolute atomic E-state index is 0.0396. The Balaban J connectivity index is 2.22. The van der Waals surface area contributed by atoms with Gasteiger partial charge in [-0.05, 0) is 6.07 Å². The smallest absolute Gasteiger partial charge is 0.311 e. The van der Waals surface area contributed by atoms with Gasteiger partial charge in [-0.3, -0.25) is 4.79 Å². The Morgan fingerprint density at radius 1 is 1.47 bits per heavy atom. The molecular weight excluding hydrogens is 272 g/mol. The Bertz CT molecular complexity index is 584. The van der Waals surface area contributed by atoms with E-state index < -0.39 is 6.43 Å². The lowest BCUT2D eigenvalue weighted by Gasteiger charge is -2.01. The highest BCUT2D eigenvalue weighted by Gasteiger charge is 2.11. The molecule has 0 unspecified atom stereocenters. The van der Waals surface area contributed by atoms with E-state index in [9.17, 15) is 13.6 Å². The number of carbonyl (C=O) groups is 1. The molecule has 1 aromatic carbocycles. The van der Waals surface area contributed by atoms with Crippen molar-refractivity contribution in [1.82, 2.24) is 4.98 Å². The lowest BCUT2D eigenvalue weighted by molar-refractivity contribution is -0.139.